The van der Waals surface area contributed by atoms with E-state index in [9.17, 15) is 4.79 Å². The van der Waals surface area contributed by atoms with Gasteiger partial charge in [0.1, 0.15) is 5.60 Å². The van der Waals surface area contributed by atoms with Gasteiger partial charge in [-0.15, -0.1) is 0 Å². The maximum atomic E-state index is 11.3. The van der Waals surface area contributed by atoms with Crippen molar-refractivity contribution in [2.75, 3.05) is 6.61 Å². The van der Waals surface area contributed by atoms with Crippen LogP contribution in [0.25, 0.3) is 10.9 Å². The molecule has 1 aromatic carbocycles. The maximum Gasteiger partial charge on any atom is 0.509 e. The number of fused-ring (bicyclic) bond motifs is 1. The van der Waals surface area contributed by atoms with Gasteiger partial charge >= 0.3 is 6.16 Å². The Kier molecular flexibility index (Phi) is 4.44. The van der Waals surface area contributed by atoms with Crippen molar-refractivity contribution < 1.29 is 14.3 Å². The molecule has 0 radical (unpaired) electrons. The fourth-order valence-corrected chi connectivity index (χ4v) is 1.65. The van der Waals surface area contributed by atoms with Crippen LogP contribution in [0.5, 0.6) is 0 Å². The zero-order valence-electron chi connectivity index (χ0n) is 12.3. The number of hydrogen-bond acceptors (Lipinski definition) is 4. The molecule has 0 N–H and O–H groups in total. The average Bonchev–Trinajstić information content (AvgIpc) is 2.41. The van der Waals surface area contributed by atoms with Crippen LogP contribution in [-0.4, -0.2) is 23.3 Å². The van der Waals surface area contributed by atoms with E-state index >= 15 is 0 Å². The van der Waals surface area contributed by atoms with Crippen molar-refractivity contribution in [1.82, 2.24) is 4.98 Å². The van der Waals surface area contributed by atoms with E-state index in [1.165, 1.54) is 0 Å². The molecule has 0 atom stereocenters. The van der Waals surface area contributed by atoms with Crippen LogP contribution in [0.1, 0.15) is 26.3 Å². The van der Waals surface area contributed by atoms with E-state index in [1.807, 2.05) is 30.3 Å². The van der Waals surface area contributed by atoms with Crippen molar-refractivity contribution in [3.63, 3.8) is 0 Å². The summed E-state index contributed by atoms with van der Waals surface area (Å²) in [5.74, 6) is 5.68. The number of pyridine rings is 1. The van der Waals surface area contributed by atoms with Gasteiger partial charge in [-0.05, 0) is 32.9 Å². The van der Waals surface area contributed by atoms with Crippen LogP contribution in [0.15, 0.2) is 36.5 Å². The third-order valence-corrected chi connectivity index (χ3v) is 2.47. The van der Waals surface area contributed by atoms with Gasteiger partial charge < -0.3 is 9.47 Å². The summed E-state index contributed by atoms with van der Waals surface area (Å²) in [6.45, 7) is 5.32. The molecule has 4 nitrogen and oxygen atoms in total. The SMILES string of the molecule is CC(C)(C)OC(=O)OCC#Cc1cnc2ccccc2c1. The van der Waals surface area contributed by atoms with Gasteiger partial charge in [0, 0.05) is 17.1 Å². The molecule has 2 aromatic rings. The van der Waals surface area contributed by atoms with Crippen molar-refractivity contribution in [2.24, 2.45) is 0 Å². The lowest BCUT2D eigenvalue weighted by molar-refractivity contribution is -0.00163. The van der Waals surface area contributed by atoms with Gasteiger partial charge in [-0.25, -0.2) is 4.79 Å². The van der Waals surface area contributed by atoms with Crippen LogP contribution in [-0.2, 0) is 9.47 Å². The van der Waals surface area contributed by atoms with E-state index in [4.69, 9.17) is 9.47 Å². The fraction of sp³-hybridized carbons (Fsp3) is 0.294. The number of benzene rings is 1. The van der Waals surface area contributed by atoms with Gasteiger partial charge in [-0.1, -0.05) is 30.0 Å². The smallest absolute Gasteiger partial charge is 0.429 e. The number of nitrogens with zero attached hydrogens (tertiary/aromatic N) is 1. The Morgan fingerprint density at radius 2 is 2.05 bits per heavy atom. The number of aromatic nitrogens is 1. The van der Waals surface area contributed by atoms with Gasteiger partial charge in [0.25, 0.3) is 0 Å². The minimum Gasteiger partial charge on any atom is -0.429 e. The molecule has 4 heteroatoms. The lowest BCUT2D eigenvalue weighted by Crippen LogP contribution is -2.24. The van der Waals surface area contributed by atoms with Crippen molar-refractivity contribution in [3.8, 4) is 11.8 Å². The topological polar surface area (TPSA) is 48.4 Å². The lowest BCUT2D eigenvalue weighted by atomic mass is 10.2. The van der Waals surface area contributed by atoms with Gasteiger partial charge in [0.05, 0.1) is 5.52 Å². The Balaban J connectivity index is 1.94. The molecule has 1 heterocycles. The largest absolute Gasteiger partial charge is 0.509 e. The predicted molar refractivity (Wildman–Crippen MR) is 80.8 cm³/mol. The number of rotatable bonds is 1. The van der Waals surface area contributed by atoms with Crippen molar-refractivity contribution in [2.45, 2.75) is 26.4 Å². The first-order chi connectivity index (χ1) is 9.94. The molecule has 0 aliphatic rings. The average molecular weight is 283 g/mol. The van der Waals surface area contributed by atoms with Gasteiger partial charge in [0.2, 0.25) is 0 Å². The molecule has 0 saturated carbocycles. The molecule has 21 heavy (non-hydrogen) atoms. The first-order valence-electron chi connectivity index (χ1n) is 6.63. The van der Waals surface area contributed by atoms with E-state index in [1.54, 1.807) is 27.0 Å². The van der Waals surface area contributed by atoms with Crippen LogP contribution in [0, 0.1) is 11.8 Å². The third-order valence-electron chi connectivity index (χ3n) is 2.47. The Hall–Kier alpha value is -2.54. The number of ether oxygens (including phenoxy) is 2. The number of carbonyl (C=O) groups is 1. The van der Waals surface area contributed by atoms with Crippen LogP contribution in [0.3, 0.4) is 0 Å². The highest BCUT2D eigenvalue weighted by atomic mass is 16.7. The monoisotopic (exact) mass is 283 g/mol. The molecule has 0 aliphatic heterocycles. The number of hydrogen-bond donors (Lipinski definition) is 0. The highest BCUT2D eigenvalue weighted by molar-refractivity contribution is 5.79. The van der Waals surface area contributed by atoms with Crippen molar-refractivity contribution >= 4 is 17.1 Å². The fourth-order valence-electron chi connectivity index (χ4n) is 1.65. The van der Waals surface area contributed by atoms with E-state index in [0.29, 0.717) is 0 Å². The third kappa shape index (κ3) is 4.81. The molecule has 108 valence electrons. The molecule has 2 rings (SSSR count). The zero-order valence-corrected chi connectivity index (χ0v) is 12.3. The summed E-state index contributed by atoms with van der Waals surface area (Å²) in [6.07, 6.45) is 0.983. The molecule has 0 unspecified atom stereocenters. The minimum atomic E-state index is -0.714. The predicted octanol–water partition coefficient (Wildman–Crippen LogP) is 3.54. The molecule has 1 aromatic heterocycles. The molecular weight excluding hydrogens is 266 g/mol. The molecule has 0 aliphatic carbocycles. The van der Waals surface area contributed by atoms with Crippen molar-refractivity contribution in [3.05, 3.63) is 42.1 Å². The highest BCUT2D eigenvalue weighted by Crippen LogP contribution is 2.11. The lowest BCUT2D eigenvalue weighted by Gasteiger charge is -2.18. The van der Waals surface area contributed by atoms with Gasteiger partial charge in [0.15, 0.2) is 6.61 Å². The first-order valence-corrected chi connectivity index (χ1v) is 6.63. The van der Waals surface area contributed by atoms with E-state index in [0.717, 1.165) is 16.5 Å². The summed E-state index contributed by atoms with van der Waals surface area (Å²) in [4.78, 5) is 15.6. The quantitative estimate of drug-likeness (QED) is 0.593. The normalized spacial score (nSPS) is 10.6. The molecule has 0 fully saturated rings. The molecular formula is C17H17NO3. The maximum absolute atomic E-state index is 11.3. The summed E-state index contributed by atoms with van der Waals surface area (Å²) < 4.78 is 9.88. The summed E-state index contributed by atoms with van der Waals surface area (Å²) in [7, 11) is 0. The summed E-state index contributed by atoms with van der Waals surface area (Å²) >= 11 is 0. The first kappa shape index (κ1) is 14.9. The van der Waals surface area contributed by atoms with Gasteiger partial charge in [-0.2, -0.15) is 0 Å². The number of para-hydroxylation sites is 1. The molecule has 0 saturated heterocycles. The molecule has 0 amide bonds. The van der Waals surface area contributed by atoms with Gasteiger partial charge in [-0.3, -0.25) is 4.98 Å². The van der Waals surface area contributed by atoms with Crippen LogP contribution in [0.4, 0.5) is 4.79 Å². The molecule has 0 bridgehead atoms. The Morgan fingerprint density at radius 1 is 1.29 bits per heavy atom. The number of carbonyl (C=O) groups excluding carboxylic acids is 1. The summed E-state index contributed by atoms with van der Waals surface area (Å²) in [6, 6.07) is 9.76. The minimum absolute atomic E-state index is 0.0122. The Bertz CT molecular complexity index is 705. The van der Waals surface area contributed by atoms with E-state index in [-0.39, 0.29) is 6.61 Å². The Labute approximate surface area is 124 Å². The second-order valence-electron chi connectivity index (χ2n) is 5.47. The standard InChI is InChI=1S/C17H17NO3/c1-17(2,3)21-16(19)20-10-6-7-13-11-14-8-4-5-9-15(14)18-12-13/h4-5,8-9,11-12H,10H2,1-3H3. The molecule has 0 spiro atoms. The van der Waals surface area contributed by atoms with E-state index < -0.39 is 11.8 Å². The van der Waals surface area contributed by atoms with Crippen LogP contribution >= 0.6 is 0 Å². The van der Waals surface area contributed by atoms with E-state index in [2.05, 4.69) is 16.8 Å². The highest BCUT2D eigenvalue weighted by Gasteiger charge is 2.16. The van der Waals surface area contributed by atoms with Crippen molar-refractivity contribution in [1.29, 1.82) is 0 Å². The second kappa shape index (κ2) is 6.27. The second-order valence-corrected chi connectivity index (χ2v) is 5.47. The van der Waals surface area contributed by atoms with Crippen LogP contribution in [0.2, 0.25) is 0 Å². The summed E-state index contributed by atoms with van der Waals surface area (Å²) in [5.41, 5.74) is 1.14. The Morgan fingerprint density at radius 3 is 2.81 bits per heavy atom. The summed E-state index contributed by atoms with van der Waals surface area (Å²) in [5, 5.41) is 1.03. The zero-order chi connectivity index (χ0) is 15.3. The van der Waals surface area contributed by atoms with Crippen LogP contribution < -0.4 is 0 Å².